The van der Waals surface area contributed by atoms with Gasteiger partial charge in [-0.25, -0.2) is 0 Å². The molecule has 0 bridgehead atoms. The lowest BCUT2D eigenvalue weighted by molar-refractivity contribution is -0.710. The Labute approximate surface area is 103 Å². The molecule has 2 aromatic carbocycles. The topological polar surface area (TPSA) is 104 Å². The minimum atomic E-state index is -0.866. The van der Waals surface area contributed by atoms with E-state index in [-0.39, 0.29) is 5.75 Å². The van der Waals surface area contributed by atoms with Crippen molar-refractivity contribution in [2.75, 3.05) is 11.5 Å². The van der Waals surface area contributed by atoms with Crippen LogP contribution in [-0.4, -0.2) is 5.09 Å². The maximum absolute atomic E-state index is 10.4. The fourth-order valence-electron chi connectivity index (χ4n) is 1.60. The Kier molecular flexibility index (Phi) is 3.01. The molecule has 0 saturated heterocycles. The van der Waals surface area contributed by atoms with Gasteiger partial charge in [0.05, 0.1) is 0 Å². The summed E-state index contributed by atoms with van der Waals surface area (Å²) in [5, 5.41) is 9.57. The van der Waals surface area contributed by atoms with Crippen LogP contribution in [-0.2, 0) is 0 Å². The van der Waals surface area contributed by atoms with Crippen molar-refractivity contribution < 1.29 is 9.92 Å². The number of anilines is 2. The second-order valence-electron chi connectivity index (χ2n) is 3.69. The fraction of sp³-hybridized carbons (Fsp3) is 0. The number of nitrogens with two attached hydrogens (primary N) is 2. The van der Waals surface area contributed by atoms with Crippen LogP contribution in [0.2, 0.25) is 0 Å². The van der Waals surface area contributed by atoms with E-state index in [1.807, 2.05) is 0 Å². The van der Waals surface area contributed by atoms with Gasteiger partial charge >= 0.3 is 0 Å². The summed E-state index contributed by atoms with van der Waals surface area (Å²) in [5.41, 5.74) is 13.5. The SMILES string of the molecule is Nc1ccc(-c2ccc(N)cc2O[N+](=O)[O-])cc1. The van der Waals surface area contributed by atoms with Crippen LogP contribution in [0.15, 0.2) is 42.5 Å². The highest BCUT2D eigenvalue weighted by Gasteiger charge is 2.09. The highest BCUT2D eigenvalue weighted by molar-refractivity contribution is 5.73. The first-order valence-electron chi connectivity index (χ1n) is 5.14. The van der Waals surface area contributed by atoms with Crippen molar-refractivity contribution in [2.45, 2.75) is 0 Å². The van der Waals surface area contributed by atoms with E-state index in [2.05, 4.69) is 4.84 Å². The summed E-state index contributed by atoms with van der Waals surface area (Å²) in [6.45, 7) is 0. The molecule has 0 spiro atoms. The van der Waals surface area contributed by atoms with Crippen molar-refractivity contribution in [2.24, 2.45) is 0 Å². The summed E-state index contributed by atoms with van der Waals surface area (Å²) < 4.78 is 0. The van der Waals surface area contributed by atoms with Gasteiger partial charge in [-0.05, 0) is 29.8 Å². The highest BCUT2D eigenvalue weighted by atomic mass is 17.0. The van der Waals surface area contributed by atoms with E-state index in [1.165, 1.54) is 6.07 Å². The summed E-state index contributed by atoms with van der Waals surface area (Å²) in [7, 11) is 0. The summed E-state index contributed by atoms with van der Waals surface area (Å²) in [6, 6.07) is 11.7. The smallest absolute Gasteiger partial charge is 0.299 e. The molecule has 0 unspecified atom stereocenters. The fourth-order valence-corrected chi connectivity index (χ4v) is 1.60. The summed E-state index contributed by atoms with van der Waals surface area (Å²) in [4.78, 5) is 15.0. The van der Waals surface area contributed by atoms with E-state index >= 15 is 0 Å². The van der Waals surface area contributed by atoms with Gasteiger partial charge in [-0.2, -0.15) is 0 Å². The number of hydrogen-bond donors (Lipinski definition) is 2. The maximum atomic E-state index is 10.4. The average molecular weight is 245 g/mol. The Morgan fingerprint density at radius 1 is 1.00 bits per heavy atom. The zero-order valence-corrected chi connectivity index (χ0v) is 9.37. The molecule has 0 atom stereocenters. The first kappa shape index (κ1) is 11.7. The number of rotatable bonds is 3. The van der Waals surface area contributed by atoms with Gasteiger partial charge in [0.15, 0.2) is 0 Å². The molecule has 0 heterocycles. The van der Waals surface area contributed by atoms with E-state index in [4.69, 9.17) is 11.5 Å². The molecule has 0 aromatic heterocycles. The Morgan fingerprint density at radius 2 is 1.61 bits per heavy atom. The molecule has 0 amide bonds. The third-order valence-electron chi connectivity index (χ3n) is 2.40. The van der Waals surface area contributed by atoms with Crippen molar-refractivity contribution in [3.8, 4) is 16.9 Å². The Balaban J connectivity index is 2.49. The molecule has 2 rings (SSSR count). The molecule has 4 N–H and O–H groups in total. The molecule has 6 heteroatoms. The first-order valence-corrected chi connectivity index (χ1v) is 5.14. The molecular formula is C12H11N3O3. The van der Waals surface area contributed by atoms with Crippen LogP contribution in [0.25, 0.3) is 11.1 Å². The molecule has 2 aromatic rings. The van der Waals surface area contributed by atoms with E-state index in [0.29, 0.717) is 16.9 Å². The van der Waals surface area contributed by atoms with Crippen LogP contribution in [0.3, 0.4) is 0 Å². The zero-order valence-electron chi connectivity index (χ0n) is 9.37. The minimum absolute atomic E-state index is 0.102. The largest absolute Gasteiger partial charge is 0.399 e. The normalized spacial score (nSPS) is 10.0. The van der Waals surface area contributed by atoms with Crippen LogP contribution in [0, 0.1) is 10.1 Å². The monoisotopic (exact) mass is 245 g/mol. The molecular weight excluding hydrogens is 234 g/mol. The van der Waals surface area contributed by atoms with Gasteiger partial charge < -0.3 is 11.5 Å². The van der Waals surface area contributed by atoms with Gasteiger partial charge in [0, 0.05) is 16.9 Å². The highest BCUT2D eigenvalue weighted by Crippen LogP contribution is 2.32. The Hall–Kier alpha value is -2.76. The van der Waals surface area contributed by atoms with Gasteiger partial charge in [-0.15, -0.1) is 10.1 Å². The van der Waals surface area contributed by atoms with Crippen LogP contribution in [0.1, 0.15) is 0 Å². The molecule has 0 aliphatic heterocycles. The van der Waals surface area contributed by atoms with Gasteiger partial charge in [0.1, 0.15) is 5.75 Å². The molecule has 0 aliphatic rings. The van der Waals surface area contributed by atoms with E-state index in [1.54, 1.807) is 36.4 Å². The van der Waals surface area contributed by atoms with E-state index in [9.17, 15) is 10.1 Å². The predicted octanol–water partition coefficient (Wildman–Crippen LogP) is 2.09. The van der Waals surface area contributed by atoms with Gasteiger partial charge in [-0.3, -0.25) is 4.84 Å². The molecule has 6 nitrogen and oxygen atoms in total. The van der Waals surface area contributed by atoms with Crippen molar-refractivity contribution >= 4 is 11.4 Å². The second-order valence-corrected chi connectivity index (χ2v) is 3.69. The lowest BCUT2D eigenvalue weighted by Crippen LogP contribution is -2.05. The average Bonchev–Trinajstić information content (AvgIpc) is 2.30. The van der Waals surface area contributed by atoms with Gasteiger partial charge in [0.25, 0.3) is 5.09 Å². The first-order chi connectivity index (χ1) is 8.56. The Morgan fingerprint density at radius 3 is 2.22 bits per heavy atom. The second kappa shape index (κ2) is 4.62. The number of nitrogen functional groups attached to an aromatic ring is 2. The van der Waals surface area contributed by atoms with E-state index < -0.39 is 5.09 Å². The standard InChI is InChI=1S/C12H11N3O3/c13-9-3-1-8(2-4-9)11-6-5-10(14)7-12(11)18-15(16)17/h1-7H,13-14H2. The molecule has 0 aliphatic carbocycles. The van der Waals surface area contributed by atoms with Crippen molar-refractivity contribution in [1.29, 1.82) is 0 Å². The molecule has 0 radical (unpaired) electrons. The minimum Gasteiger partial charge on any atom is -0.399 e. The third kappa shape index (κ3) is 2.49. The predicted molar refractivity (Wildman–Crippen MR) is 68.3 cm³/mol. The Bertz CT molecular complexity index is 582. The zero-order chi connectivity index (χ0) is 13.1. The van der Waals surface area contributed by atoms with Crippen LogP contribution in [0.4, 0.5) is 11.4 Å². The van der Waals surface area contributed by atoms with Crippen LogP contribution < -0.4 is 16.3 Å². The molecule has 0 fully saturated rings. The lowest BCUT2D eigenvalue weighted by atomic mass is 10.0. The summed E-state index contributed by atoms with van der Waals surface area (Å²) in [6.07, 6.45) is 0. The lowest BCUT2D eigenvalue weighted by Gasteiger charge is -2.09. The number of nitrogens with zero attached hydrogens (tertiary/aromatic N) is 1. The molecule has 18 heavy (non-hydrogen) atoms. The molecule has 92 valence electrons. The summed E-state index contributed by atoms with van der Waals surface area (Å²) in [5.74, 6) is 0.102. The van der Waals surface area contributed by atoms with Crippen molar-refractivity contribution in [3.05, 3.63) is 52.6 Å². The van der Waals surface area contributed by atoms with Crippen molar-refractivity contribution in [3.63, 3.8) is 0 Å². The van der Waals surface area contributed by atoms with E-state index in [0.717, 1.165) is 5.56 Å². The van der Waals surface area contributed by atoms with Crippen molar-refractivity contribution in [1.82, 2.24) is 0 Å². The van der Waals surface area contributed by atoms with Crippen LogP contribution >= 0.6 is 0 Å². The van der Waals surface area contributed by atoms with Gasteiger partial charge in [-0.1, -0.05) is 18.2 Å². The molecule has 0 saturated carbocycles. The summed E-state index contributed by atoms with van der Waals surface area (Å²) >= 11 is 0. The third-order valence-corrected chi connectivity index (χ3v) is 2.40. The maximum Gasteiger partial charge on any atom is 0.299 e. The number of benzene rings is 2. The van der Waals surface area contributed by atoms with Gasteiger partial charge in [0.2, 0.25) is 0 Å². The van der Waals surface area contributed by atoms with Crippen LogP contribution in [0.5, 0.6) is 5.75 Å². The number of hydrogen-bond acceptors (Lipinski definition) is 5. The quantitative estimate of drug-likeness (QED) is 0.489.